The Balaban J connectivity index is 2.33. The van der Waals surface area contributed by atoms with Gasteiger partial charge in [-0.05, 0) is 26.7 Å². The molecule has 2 N–H and O–H groups in total. The van der Waals surface area contributed by atoms with E-state index in [9.17, 15) is 0 Å². The lowest BCUT2D eigenvalue weighted by molar-refractivity contribution is 0.607. The predicted molar refractivity (Wildman–Crippen MR) is 62.6 cm³/mol. The quantitative estimate of drug-likeness (QED) is 0.759. The first-order valence-electron chi connectivity index (χ1n) is 4.89. The van der Waals surface area contributed by atoms with Crippen LogP contribution in [0.15, 0.2) is 17.5 Å². The number of rotatable bonds is 5. The van der Waals surface area contributed by atoms with Crippen molar-refractivity contribution in [2.24, 2.45) is 5.73 Å². The molecule has 0 aliphatic heterocycles. The van der Waals surface area contributed by atoms with Gasteiger partial charge in [-0.15, -0.1) is 17.9 Å². The molecule has 78 valence electrons. The predicted octanol–water partition coefficient (Wildman–Crippen LogP) is 2.68. The first-order chi connectivity index (χ1) is 6.58. The summed E-state index contributed by atoms with van der Waals surface area (Å²) in [6.07, 6.45) is 2.92. The molecule has 0 bridgehead atoms. The molecule has 0 aliphatic carbocycles. The van der Waals surface area contributed by atoms with Crippen LogP contribution in [0.3, 0.4) is 0 Å². The van der Waals surface area contributed by atoms with Crippen molar-refractivity contribution in [3.05, 3.63) is 28.2 Å². The average molecular weight is 210 g/mol. The molecule has 1 aromatic rings. The fraction of sp³-hybridized carbons (Fsp3) is 0.545. The van der Waals surface area contributed by atoms with Crippen molar-refractivity contribution >= 4 is 11.3 Å². The lowest BCUT2D eigenvalue weighted by atomic mass is 10.1. The van der Waals surface area contributed by atoms with Crippen LogP contribution >= 0.6 is 11.3 Å². The number of allylic oxidation sites excluding steroid dienone is 1. The van der Waals surface area contributed by atoms with Gasteiger partial charge >= 0.3 is 0 Å². The van der Waals surface area contributed by atoms with Crippen molar-refractivity contribution in [3.63, 3.8) is 0 Å². The average Bonchev–Trinajstić information content (AvgIpc) is 2.48. The number of aryl methyl sites for hydroxylation is 1. The molecular formula is C11H18N2S. The maximum atomic E-state index is 5.99. The third-order valence-corrected chi connectivity index (χ3v) is 3.03. The number of nitrogens with two attached hydrogens (primary N) is 1. The van der Waals surface area contributed by atoms with Crippen LogP contribution in [0, 0.1) is 6.92 Å². The van der Waals surface area contributed by atoms with E-state index in [4.69, 9.17) is 5.73 Å². The molecule has 2 nitrogen and oxygen atoms in total. The number of nitrogens with zero attached hydrogens (tertiary/aromatic N) is 1. The highest BCUT2D eigenvalue weighted by Crippen LogP contribution is 2.13. The molecule has 3 heteroatoms. The van der Waals surface area contributed by atoms with E-state index in [1.54, 1.807) is 11.3 Å². The Morgan fingerprint density at radius 2 is 2.43 bits per heavy atom. The van der Waals surface area contributed by atoms with Gasteiger partial charge in [-0.3, -0.25) is 0 Å². The van der Waals surface area contributed by atoms with E-state index in [2.05, 4.69) is 16.9 Å². The van der Waals surface area contributed by atoms with Crippen LogP contribution in [0.2, 0.25) is 0 Å². The highest BCUT2D eigenvalue weighted by molar-refractivity contribution is 7.09. The zero-order chi connectivity index (χ0) is 10.6. The van der Waals surface area contributed by atoms with Gasteiger partial charge < -0.3 is 5.73 Å². The second-order valence-corrected chi connectivity index (χ2v) is 4.79. The smallest absolute Gasteiger partial charge is 0.0943 e. The highest BCUT2D eigenvalue weighted by atomic mass is 32.1. The normalized spacial score (nSPS) is 12.8. The lowest BCUT2D eigenvalue weighted by Crippen LogP contribution is -2.22. The SMILES string of the molecule is C=C(C)CCC(N)Cc1nc(C)cs1. The summed E-state index contributed by atoms with van der Waals surface area (Å²) in [5.74, 6) is 0. The molecule has 0 spiro atoms. The van der Waals surface area contributed by atoms with E-state index >= 15 is 0 Å². The number of hydrogen-bond donors (Lipinski definition) is 1. The van der Waals surface area contributed by atoms with Crippen molar-refractivity contribution in [1.29, 1.82) is 0 Å². The molecule has 14 heavy (non-hydrogen) atoms. The van der Waals surface area contributed by atoms with Gasteiger partial charge in [-0.25, -0.2) is 4.98 Å². The Hall–Kier alpha value is -0.670. The van der Waals surface area contributed by atoms with Gasteiger partial charge in [0.1, 0.15) is 0 Å². The lowest BCUT2D eigenvalue weighted by Gasteiger charge is -2.08. The van der Waals surface area contributed by atoms with E-state index in [0.29, 0.717) is 0 Å². The van der Waals surface area contributed by atoms with Crippen molar-refractivity contribution in [1.82, 2.24) is 4.98 Å². The standard InChI is InChI=1S/C11H18N2S/c1-8(2)4-5-10(12)6-11-13-9(3)7-14-11/h7,10H,1,4-6,12H2,2-3H3. The zero-order valence-corrected chi connectivity index (χ0v) is 9.73. The van der Waals surface area contributed by atoms with Gasteiger partial charge in [-0.1, -0.05) is 5.57 Å². The summed E-state index contributed by atoms with van der Waals surface area (Å²) < 4.78 is 0. The minimum atomic E-state index is 0.220. The fourth-order valence-electron chi connectivity index (χ4n) is 1.25. The van der Waals surface area contributed by atoms with Crippen molar-refractivity contribution in [2.45, 2.75) is 39.2 Å². The van der Waals surface area contributed by atoms with Gasteiger partial charge in [0.25, 0.3) is 0 Å². The van der Waals surface area contributed by atoms with Crippen LogP contribution in [0.25, 0.3) is 0 Å². The Morgan fingerprint density at radius 3 is 2.93 bits per heavy atom. The fourth-order valence-corrected chi connectivity index (χ4v) is 2.12. The summed E-state index contributed by atoms with van der Waals surface area (Å²) in [6.45, 7) is 7.92. The molecule has 1 heterocycles. The first kappa shape index (κ1) is 11.4. The minimum absolute atomic E-state index is 0.220. The molecule has 1 atom stereocenters. The number of thiazole rings is 1. The van der Waals surface area contributed by atoms with Crippen LogP contribution in [0.4, 0.5) is 0 Å². The molecule has 0 amide bonds. The molecule has 0 saturated heterocycles. The Morgan fingerprint density at radius 1 is 1.71 bits per heavy atom. The van der Waals surface area contributed by atoms with Gasteiger partial charge in [0.15, 0.2) is 0 Å². The van der Waals surface area contributed by atoms with Crippen molar-refractivity contribution < 1.29 is 0 Å². The zero-order valence-electron chi connectivity index (χ0n) is 8.92. The van der Waals surface area contributed by atoms with Crippen LogP contribution in [0.5, 0.6) is 0 Å². The third-order valence-electron chi connectivity index (χ3n) is 2.05. The van der Waals surface area contributed by atoms with E-state index < -0.39 is 0 Å². The summed E-state index contributed by atoms with van der Waals surface area (Å²) in [5.41, 5.74) is 8.29. The monoisotopic (exact) mass is 210 g/mol. The Labute approximate surface area is 89.9 Å². The van der Waals surface area contributed by atoms with Gasteiger partial charge in [0.05, 0.1) is 5.01 Å². The second-order valence-electron chi connectivity index (χ2n) is 3.84. The van der Waals surface area contributed by atoms with Crippen LogP contribution in [0.1, 0.15) is 30.5 Å². The van der Waals surface area contributed by atoms with Crippen molar-refractivity contribution in [3.8, 4) is 0 Å². The second kappa shape index (κ2) is 5.27. The van der Waals surface area contributed by atoms with Crippen LogP contribution in [-0.4, -0.2) is 11.0 Å². The molecule has 1 aromatic heterocycles. The molecule has 0 fully saturated rings. The largest absolute Gasteiger partial charge is 0.327 e. The Kier molecular flexibility index (Phi) is 4.29. The van der Waals surface area contributed by atoms with Crippen LogP contribution < -0.4 is 5.73 Å². The molecule has 0 radical (unpaired) electrons. The minimum Gasteiger partial charge on any atom is -0.327 e. The van der Waals surface area contributed by atoms with Gasteiger partial charge in [0.2, 0.25) is 0 Å². The third kappa shape index (κ3) is 4.03. The molecule has 0 aromatic carbocycles. The topological polar surface area (TPSA) is 38.9 Å². The summed E-state index contributed by atoms with van der Waals surface area (Å²) >= 11 is 1.70. The molecule has 1 unspecified atom stereocenters. The summed E-state index contributed by atoms with van der Waals surface area (Å²) in [6, 6.07) is 0.220. The molecular weight excluding hydrogens is 192 g/mol. The molecule has 1 rings (SSSR count). The van der Waals surface area contributed by atoms with E-state index in [1.807, 2.05) is 13.8 Å². The van der Waals surface area contributed by atoms with E-state index in [0.717, 1.165) is 30.0 Å². The van der Waals surface area contributed by atoms with E-state index in [-0.39, 0.29) is 6.04 Å². The summed E-state index contributed by atoms with van der Waals surface area (Å²) in [4.78, 5) is 4.39. The molecule has 0 aliphatic rings. The number of hydrogen-bond acceptors (Lipinski definition) is 3. The van der Waals surface area contributed by atoms with Gasteiger partial charge in [-0.2, -0.15) is 0 Å². The van der Waals surface area contributed by atoms with Crippen molar-refractivity contribution in [2.75, 3.05) is 0 Å². The Bertz CT molecular complexity index is 304. The summed E-state index contributed by atoms with van der Waals surface area (Å²) in [5, 5.41) is 3.22. The number of aromatic nitrogens is 1. The molecule has 0 saturated carbocycles. The maximum Gasteiger partial charge on any atom is 0.0943 e. The first-order valence-corrected chi connectivity index (χ1v) is 5.77. The highest BCUT2D eigenvalue weighted by Gasteiger charge is 2.06. The summed E-state index contributed by atoms with van der Waals surface area (Å²) in [7, 11) is 0. The van der Waals surface area contributed by atoms with Crippen LogP contribution in [-0.2, 0) is 6.42 Å². The maximum absolute atomic E-state index is 5.99. The van der Waals surface area contributed by atoms with E-state index in [1.165, 1.54) is 5.57 Å². The van der Waals surface area contributed by atoms with Gasteiger partial charge in [0, 0.05) is 23.5 Å².